The number of amides is 1. The van der Waals surface area contributed by atoms with Gasteiger partial charge in [0.2, 0.25) is 5.43 Å². The highest BCUT2D eigenvalue weighted by Gasteiger charge is 2.35. The van der Waals surface area contributed by atoms with E-state index in [1.165, 1.54) is 39.7 Å². The van der Waals surface area contributed by atoms with Gasteiger partial charge in [0.25, 0.3) is 5.91 Å². The third-order valence-corrected chi connectivity index (χ3v) is 6.25. The largest absolute Gasteiger partial charge is 0.508 e. The molecule has 1 aliphatic rings. The number of fused-ring (bicyclic) bond motifs is 1. The number of carboxylic acids is 1. The number of pyridine rings is 1. The monoisotopic (exact) mass is 443 g/mol. The van der Waals surface area contributed by atoms with E-state index < -0.39 is 28.2 Å². The number of nitrogens with zero attached hydrogens (tertiary/aromatic N) is 2. The number of aromatic carboxylic acids is 1. The molecule has 0 bridgehead atoms. The van der Waals surface area contributed by atoms with Crippen molar-refractivity contribution in [3.63, 3.8) is 0 Å². The summed E-state index contributed by atoms with van der Waals surface area (Å²) in [4.78, 5) is 36.3. The molecule has 1 amide bonds. The SMILES string of the molecule is CCn1cc(C(=O)O)c(=O)c2cc(F)c(NN3C(=O)CS[C@@H]3c3ccccc3O)cc21. The third-order valence-electron chi connectivity index (χ3n) is 5.05. The Morgan fingerprint density at radius 2 is 2.03 bits per heavy atom. The van der Waals surface area contributed by atoms with Gasteiger partial charge in [-0.05, 0) is 25.1 Å². The summed E-state index contributed by atoms with van der Waals surface area (Å²) in [7, 11) is 0. The maximum absolute atomic E-state index is 14.9. The predicted molar refractivity (Wildman–Crippen MR) is 115 cm³/mol. The van der Waals surface area contributed by atoms with Crippen LogP contribution < -0.4 is 10.9 Å². The molecule has 1 aliphatic heterocycles. The third kappa shape index (κ3) is 3.59. The Labute approximate surface area is 179 Å². The molecule has 31 heavy (non-hydrogen) atoms. The van der Waals surface area contributed by atoms with Gasteiger partial charge in [0.1, 0.15) is 22.5 Å². The van der Waals surface area contributed by atoms with Gasteiger partial charge < -0.3 is 14.8 Å². The number of rotatable bonds is 5. The van der Waals surface area contributed by atoms with E-state index in [4.69, 9.17) is 0 Å². The first-order valence-electron chi connectivity index (χ1n) is 9.40. The molecule has 0 saturated carbocycles. The van der Waals surface area contributed by atoms with Crippen molar-refractivity contribution in [3.8, 4) is 5.75 Å². The van der Waals surface area contributed by atoms with Crippen LogP contribution in [-0.4, -0.2) is 37.4 Å². The topological polar surface area (TPSA) is 112 Å². The van der Waals surface area contributed by atoms with Crippen LogP contribution in [0.5, 0.6) is 5.75 Å². The van der Waals surface area contributed by atoms with E-state index in [2.05, 4.69) is 5.43 Å². The highest BCUT2D eigenvalue weighted by Crippen LogP contribution is 2.42. The quantitative estimate of drug-likeness (QED) is 0.555. The van der Waals surface area contributed by atoms with Crippen LogP contribution >= 0.6 is 11.8 Å². The van der Waals surface area contributed by atoms with Gasteiger partial charge in [0.05, 0.1) is 17.0 Å². The zero-order valence-corrected chi connectivity index (χ0v) is 17.1. The fourth-order valence-corrected chi connectivity index (χ4v) is 4.65. The van der Waals surface area contributed by atoms with E-state index in [0.29, 0.717) is 17.6 Å². The fraction of sp³-hybridized carbons (Fsp3) is 0.190. The first kappa shape index (κ1) is 20.7. The number of benzene rings is 2. The zero-order chi connectivity index (χ0) is 22.3. The van der Waals surface area contributed by atoms with Crippen LogP contribution in [0.4, 0.5) is 10.1 Å². The number of thioether (sulfide) groups is 1. The second-order valence-corrected chi connectivity index (χ2v) is 7.98. The lowest BCUT2D eigenvalue weighted by Gasteiger charge is -2.26. The van der Waals surface area contributed by atoms with Crippen molar-refractivity contribution in [1.82, 2.24) is 9.58 Å². The van der Waals surface area contributed by atoms with Gasteiger partial charge in [0.15, 0.2) is 0 Å². The van der Waals surface area contributed by atoms with E-state index in [1.54, 1.807) is 25.1 Å². The molecule has 1 fully saturated rings. The number of carbonyl (C=O) groups is 2. The molecule has 0 radical (unpaired) electrons. The summed E-state index contributed by atoms with van der Waals surface area (Å²) in [6.07, 6.45) is 1.22. The number of hydrogen-bond acceptors (Lipinski definition) is 6. The van der Waals surface area contributed by atoms with Crippen molar-refractivity contribution >= 4 is 40.2 Å². The number of aromatic nitrogens is 1. The number of carbonyl (C=O) groups excluding carboxylic acids is 1. The lowest BCUT2D eigenvalue weighted by Crippen LogP contribution is -2.34. The molecule has 2 heterocycles. The Balaban J connectivity index is 1.79. The number of carboxylic acid groups (broad SMARTS) is 1. The number of anilines is 1. The molecular formula is C21H18FN3O5S. The highest BCUT2D eigenvalue weighted by atomic mass is 32.2. The van der Waals surface area contributed by atoms with Crippen molar-refractivity contribution in [2.24, 2.45) is 0 Å². The predicted octanol–water partition coefficient (Wildman–Crippen LogP) is 3.17. The molecule has 1 atom stereocenters. The van der Waals surface area contributed by atoms with Gasteiger partial charge in [0, 0.05) is 23.7 Å². The summed E-state index contributed by atoms with van der Waals surface area (Å²) in [5.41, 5.74) is 2.34. The normalized spacial score (nSPS) is 16.1. The molecule has 8 nitrogen and oxygen atoms in total. The number of hydrazine groups is 1. The average molecular weight is 443 g/mol. The summed E-state index contributed by atoms with van der Waals surface area (Å²) in [5.74, 6) is -2.34. The molecule has 1 saturated heterocycles. The Hall–Kier alpha value is -3.53. The molecule has 10 heteroatoms. The number of para-hydroxylation sites is 1. The van der Waals surface area contributed by atoms with Gasteiger partial charge in [-0.25, -0.2) is 14.2 Å². The Bertz CT molecular complexity index is 1280. The fourth-order valence-electron chi connectivity index (χ4n) is 3.51. The summed E-state index contributed by atoms with van der Waals surface area (Å²) in [5, 5.41) is 20.0. The van der Waals surface area contributed by atoms with Crippen LogP contribution in [0, 0.1) is 5.82 Å². The smallest absolute Gasteiger partial charge is 0.341 e. The number of phenols is 1. The van der Waals surface area contributed by atoms with Crippen LogP contribution in [0.15, 0.2) is 47.4 Å². The second kappa shape index (κ2) is 7.95. The maximum atomic E-state index is 14.9. The van der Waals surface area contributed by atoms with E-state index in [9.17, 15) is 29.0 Å². The zero-order valence-electron chi connectivity index (χ0n) is 16.3. The van der Waals surface area contributed by atoms with Crippen molar-refractivity contribution in [2.75, 3.05) is 11.2 Å². The minimum absolute atomic E-state index is 0.0153. The van der Waals surface area contributed by atoms with Crippen molar-refractivity contribution < 1.29 is 24.2 Å². The highest BCUT2D eigenvalue weighted by molar-refractivity contribution is 8.00. The molecule has 3 N–H and O–H groups in total. The van der Waals surface area contributed by atoms with Gasteiger partial charge in [-0.3, -0.25) is 15.0 Å². The molecule has 160 valence electrons. The molecule has 2 aromatic carbocycles. The van der Waals surface area contributed by atoms with Crippen LogP contribution in [0.25, 0.3) is 10.9 Å². The molecule has 1 aromatic heterocycles. The van der Waals surface area contributed by atoms with Crippen LogP contribution in [0.2, 0.25) is 0 Å². The van der Waals surface area contributed by atoms with Crippen molar-refractivity contribution in [3.05, 3.63) is 69.8 Å². The van der Waals surface area contributed by atoms with Crippen molar-refractivity contribution in [2.45, 2.75) is 18.8 Å². The van der Waals surface area contributed by atoms with Crippen LogP contribution in [-0.2, 0) is 11.3 Å². The number of halogens is 1. The lowest BCUT2D eigenvalue weighted by atomic mass is 10.1. The van der Waals surface area contributed by atoms with E-state index in [0.717, 1.165) is 6.07 Å². The van der Waals surface area contributed by atoms with E-state index in [-0.39, 0.29) is 28.5 Å². The summed E-state index contributed by atoms with van der Waals surface area (Å²) < 4.78 is 16.4. The molecule has 4 rings (SSSR count). The number of nitrogens with one attached hydrogen (secondary N) is 1. The average Bonchev–Trinajstić information content (AvgIpc) is 3.09. The first-order valence-corrected chi connectivity index (χ1v) is 10.4. The minimum Gasteiger partial charge on any atom is -0.508 e. The number of aromatic hydroxyl groups is 1. The van der Waals surface area contributed by atoms with Gasteiger partial charge in [-0.15, -0.1) is 11.8 Å². The minimum atomic E-state index is -1.39. The Kier molecular flexibility index (Phi) is 5.32. The van der Waals surface area contributed by atoms with Gasteiger partial charge in [-0.1, -0.05) is 18.2 Å². The summed E-state index contributed by atoms with van der Waals surface area (Å²) in [6, 6.07) is 8.93. The Morgan fingerprint density at radius 3 is 2.71 bits per heavy atom. The van der Waals surface area contributed by atoms with E-state index in [1.807, 2.05) is 0 Å². The van der Waals surface area contributed by atoms with E-state index >= 15 is 0 Å². The van der Waals surface area contributed by atoms with Gasteiger partial charge >= 0.3 is 5.97 Å². The van der Waals surface area contributed by atoms with Crippen molar-refractivity contribution in [1.29, 1.82) is 0 Å². The number of aryl methyl sites for hydroxylation is 1. The summed E-state index contributed by atoms with van der Waals surface area (Å²) >= 11 is 1.28. The molecule has 0 aliphatic carbocycles. The molecule has 0 spiro atoms. The molecule has 3 aromatic rings. The second-order valence-electron chi connectivity index (χ2n) is 6.91. The standard InChI is InChI=1S/C21H18FN3O5S/c1-2-24-9-13(21(29)30)19(28)12-7-14(22)15(8-16(12)24)23-25-18(27)10-31-20(25)11-5-3-4-6-17(11)26/h3-9,20,23,26H,2,10H2,1H3,(H,29,30)/t20-/m1/s1. The number of hydrogen-bond donors (Lipinski definition) is 3. The molecule has 0 unspecified atom stereocenters. The number of phenolic OH excluding ortho intramolecular Hbond substituents is 1. The first-order chi connectivity index (χ1) is 14.8. The Morgan fingerprint density at radius 1 is 1.29 bits per heavy atom. The van der Waals surface area contributed by atoms with Gasteiger partial charge in [-0.2, -0.15) is 0 Å². The summed E-state index contributed by atoms with van der Waals surface area (Å²) in [6.45, 7) is 2.11. The lowest BCUT2D eigenvalue weighted by molar-refractivity contribution is -0.126. The molecular weight excluding hydrogens is 425 g/mol. The van der Waals surface area contributed by atoms with Crippen LogP contribution in [0.1, 0.15) is 28.2 Å². The van der Waals surface area contributed by atoms with Crippen LogP contribution in [0.3, 0.4) is 0 Å². The maximum Gasteiger partial charge on any atom is 0.341 e.